The Labute approximate surface area is 170 Å². The highest BCUT2D eigenvalue weighted by atomic mass is 32.1. The van der Waals surface area contributed by atoms with Crippen LogP contribution in [0.2, 0.25) is 0 Å². The van der Waals surface area contributed by atoms with E-state index in [0.29, 0.717) is 5.65 Å². The summed E-state index contributed by atoms with van der Waals surface area (Å²) in [5.74, 6) is 0. The van der Waals surface area contributed by atoms with E-state index in [-0.39, 0.29) is 0 Å². The van der Waals surface area contributed by atoms with Crippen molar-refractivity contribution in [3.8, 4) is 33.1 Å². The zero-order valence-corrected chi connectivity index (χ0v) is 16.1. The van der Waals surface area contributed by atoms with Crippen LogP contribution in [0.1, 0.15) is 0 Å². The summed E-state index contributed by atoms with van der Waals surface area (Å²) < 4.78 is 0. The second kappa shape index (κ2) is 6.39. The average Bonchev–Trinajstić information content (AvgIpc) is 3.52. The number of thiophene rings is 1. The van der Waals surface area contributed by atoms with E-state index < -0.39 is 0 Å². The molecule has 0 saturated heterocycles. The molecule has 0 atom stereocenters. The number of nitrogens with zero attached hydrogens (tertiary/aromatic N) is 3. The largest absolute Gasteiger partial charge is 0.353 e. The van der Waals surface area contributed by atoms with Crippen LogP contribution >= 0.6 is 11.3 Å². The molecule has 138 valence electrons. The van der Waals surface area contributed by atoms with Crippen LogP contribution in [-0.4, -0.2) is 25.1 Å². The number of aromatic nitrogens is 5. The second-order valence-corrected chi connectivity index (χ2v) is 7.78. The summed E-state index contributed by atoms with van der Waals surface area (Å²) in [6.45, 7) is 0. The number of H-pyrrole nitrogens is 2. The van der Waals surface area contributed by atoms with Crippen molar-refractivity contribution in [2.24, 2.45) is 0 Å². The van der Waals surface area contributed by atoms with Gasteiger partial charge in [-0.15, -0.1) is 11.3 Å². The van der Waals surface area contributed by atoms with Gasteiger partial charge in [0.25, 0.3) is 0 Å². The number of nitrogens with one attached hydrogen (secondary N) is 2. The summed E-state index contributed by atoms with van der Waals surface area (Å²) in [4.78, 5) is 13.8. The predicted octanol–water partition coefficient (Wildman–Crippen LogP) is 5.90. The standard InChI is InChI=1S/C23H15N5S/c1-2-9-24-18(6-1)14-11-17-22(27-28-23(17)25-13-14)20-12-16-15(21-8-4-10-29-21)5-3-7-19(16)26-20/h1-13,26H,(H,25,27,28). The summed E-state index contributed by atoms with van der Waals surface area (Å²) in [7, 11) is 0. The van der Waals surface area contributed by atoms with Gasteiger partial charge in [-0.2, -0.15) is 5.10 Å². The SMILES string of the molecule is c1ccc(-c2cnc3n[nH]c(-c4cc5c(-c6cccs6)cccc5[nH]4)c3c2)nc1. The van der Waals surface area contributed by atoms with E-state index in [1.807, 2.05) is 24.4 Å². The van der Waals surface area contributed by atoms with Crippen LogP contribution in [0.5, 0.6) is 0 Å². The molecule has 0 aliphatic rings. The van der Waals surface area contributed by atoms with Gasteiger partial charge in [0, 0.05) is 44.7 Å². The van der Waals surface area contributed by atoms with Crippen molar-refractivity contribution in [1.29, 1.82) is 0 Å². The Kier molecular flexibility index (Phi) is 3.57. The number of rotatable bonds is 3. The lowest BCUT2D eigenvalue weighted by Gasteiger charge is -2.00. The fourth-order valence-electron chi connectivity index (χ4n) is 3.72. The number of benzene rings is 1. The first-order valence-corrected chi connectivity index (χ1v) is 10.2. The average molecular weight is 393 g/mol. The van der Waals surface area contributed by atoms with Crippen molar-refractivity contribution >= 4 is 33.3 Å². The lowest BCUT2D eigenvalue weighted by atomic mass is 10.1. The number of hydrogen-bond acceptors (Lipinski definition) is 4. The molecule has 0 aliphatic carbocycles. The van der Waals surface area contributed by atoms with Crippen LogP contribution in [0.3, 0.4) is 0 Å². The molecule has 6 aromatic rings. The van der Waals surface area contributed by atoms with E-state index in [1.54, 1.807) is 17.5 Å². The van der Waals surface area contributed by atoms with Crippen molar-refractivity contribution < 1.29 is 0 Å². The topological polar surface area (TPSA) is 70.2 Å². The summed E-state index contributed by atoms with van der Waals surface area (Å²) in [5, 5.41) is 11.8. The number of pyridine rings is 2. The number of aromatic amines is 2. The lowest BCUT2D eigenvalue weighted by molar-refractivity contribution is 1.10. The van der Waals surface area contributed by atoms with Crippen molar-refractivity contribution in [3.63, 3.8) is 0 Å². The third-order valence-electron chi connectivity index (χ3n) is 5.09. The van der Waals surface area contributed by atoms with Crippen LogP contribution in [0.25, 0.3) is 55.0 Å². The normalized spacial score (nSPS) is 11.4. The van der Waals surface area contributed by atoms with Gasteiger partial charge in [0.1, 0.15) is 0 Å². The minimum absolute atomic E-state index is 0.691. The van der Waals surface area contributed by atoms with Gasteiger partial charge in [-0.3, -0.25) is 10.1 Å². The fourth-order valence-corrected chi connectivity index (χ4v) is 4.48. The Morgan fingerprint density at radius 1 is 0.862 bits per heavy atom. The fraction of sp³-hybridized carbons (Fsp3) is 0. The Hall–Kier alpha value is -3.77. The predicted molar refractivity (Wildman–Crippen MR) is 118 cm³/mol. The molecule has 6 heteroatoms. The highest BCUT2D eigenvalue weighted by Crippen LogP contribution is 2.35. The first-order chi connectivity index (χ1) is 14.4. The molecule has 6 rings (SSSR count). The maximum atomic E-state index is 4.52. The Morgan fingerprint density at radius 3 is 2.72 bits per heavy atom. The highest BCUT2D eigenvalue weighted by molar-refractivity contribution is 7.13. The molecule has 2 N–H and O–H groups in total. The van der Waals surface area contributed by atoms with Crippen LogP contribution < -0.4 is 0 Å². The van der Waals surface area contributed by atoms with E-state index in [0.717, 1.165) is 33.5 Å². The molecule has 5 aromatic heterocycles. The first kappa shape index (κ1) is 16.2. The van der Waals surface area contributed by atoms with Crippen LogP contribution in [0.4, 0.5) is 0 Å². The van der Waals surface area contributed by atoms with Crippen LogP contribution in [0, 0.1) is 0 Å². The minimum atomic E-state index is 0.691. The molecule has 0 radical (unpaired) electrons. The molecular weight excluding hydrogens is 378 g/mol. The van der Waals surface area contributed by atoms with E-state index in [2.05, 4.69) is 73.0 Å². The molecule has 0 unspecified atom stereocenters. The molecular formula is C23H15N5S. The smallest absolute Gasteiger partial charge is 0.181 e. The minimum Gasteiger partial charge on any atom is -0.353 e. The molecule has 5 nitrogen and oxygen atoms in total. The molecule has 0 spiro atoms. The summed E-state index contributed by atoms with van der Waals surface area (Å²) in [5.41, 5.74) is 6.81. The van der Waals surface area contributed by atoms with E-state index >= 15 is 0 Å². The van der Waals surface area contributed by atoms with Crippen LogP contribution in [0.15, 0.2) is 78.4 Å². The molecule has 5 heterocycles. The monoisotopic (exact) mass is 393 g/mol. The molecule has 0 fully saturated rings. The van der Waals surface area contributed by atoms with Gasteiger partial charge in [0.05, 0.1) is 17.1 Å². The summed E-state index contributed by atoms with van der Waals surface area (Å²) in [6, 6.07) is 20.7. The highest BCUT2D eigenvalue weighted by Gasteiger charge is 2.15. The zero-order chi connectivity index (χ0) is 19.2. The van der Waals surface area contributed by atoms with Gasteiger partial charge in [-0.25, -0.2) is 4.98 Å². The van der Waals surface area contributed by atoms with Crippen molar-refractivity contribution in [2.75, 3.05) is 0 Å². The first-order valence-electron chi connectivity index (χ1n) is 9.28. The summed E-state index contributed by atoms with van der Waals surface area (Å²) >= 11 is 1.75. The van der Waals surface area contributed by atoms with E-state index in [4.69, 9.17) is 0 Å². The van der Waals surface area contributed by atoms with Gasteiger partial charge < -0.3 is 4.98 Å². The van der Waals surface area contributed by atoms with Crippen molar-refractivity contribution in [3.05, 3.63) is 78.4 Å². The van der Waals surface area contributed by atoms with Crippen molar-refractivity contribution in [1.82, 2.24) is 25.1 Å². The molecule has 0 amide bonds. The van der Waals surface area contributed by atoms with Gasteiger partial charge in [0.15, 0.2) is 5.65 Å². The Morgan fingerprint density at radius 2 is 1.86 bits per heavy atom. The lowest BCUT2D eigenvalue weighted by Crippen LogP contribution is -1.85. The zero-order valence-electron chi connectivity index (χ0n) is 15.3. The maximum Gasteiger partial charge on any atom is 0.181 e. The quantitative estimate of drug-likeness (QED) is 0.393. The van der Waals surface area contributed by atoms with E-state index in [1.165, 1.54) is 15.8 Å². The molecule has 1 aromatic carbocycles. The second-order valence-electron chi connectivity index (χ2n) is 6.84. The van der Waals surface area contributed by atoms with Crippen molar-refractivity contribution in [2.45, 2.75) is 0 Å². The molecule has 0 saturated carbocycles. The number of fused-ring (bicyclic) bond motifs is 2. The third-order valence-corrected chi connectivity index (χ3v) is 5.99. The summed E-state index contributed by atoms with van der Waals surface area (Å²) in [6.07, 6.45) is 3.61. The van der Waals surface area contributed by atoms with Gasteiger partial charge in [-0.05, 0) is 41.8 Å². The van der Waals surface area contributed by atoms with E-state index in [9.17, 15) is 0 Å². The Bertz CT molecular complexity index is 1450. The third kappa shape index (κ3) is 2.65. The number of hydrogen-bond donors (Lipinski definition) is 2. The molecule has 0 aliphatic heterocycles. The van der Waals surface area contributed by atoms with Gasteiger partial charge in [0.2, 0.25) is 0 Å². The van der Waals surface area contributed by atoms with Gasteiger partial charge >= 0.3 is 0 Å². The van der Waals surface area contributed by atoms with Crippen LogP contribution in [-0.2, 0) is 0 Å². The maximum absolute atomic E-state index is 4.52. The van der Waals surface area contributed by atoms with Gasteiger partial charge in [-0.1, -0.05) is 24.3 Å². The molecule has 29 heavy (non-hydrogen) atoms. The Balaban J connectivity index is 1.53. The molecule has 0 bridgehead atoms.